The van der Waals surface area contributed by atoms with Crippen molar-refractivity contribution in [3.8, 4) is 0 Å². The van der Waals surface area contributed by atoms with Gasteiger partial charge in [-0.25, -0.2) is 0 Å². The van der Waals surface area contributed by atoms with E-state index in [1.165, 1.54) is 11.0 Å². The number of anilines is 2. The first kappa shape index (κ1) is 22.8. The van der Waals surface area contributed by atoms with Crippen molar-refractivity contribution in [2.75, 3.05) is 29.1 Å². The standard InChI is InChI=1S/C23H24N4O5S/c1-15-8-10-25(11-9-15)19-7-4-17(12-20(19)27(31)32)22(29)24-18-5-2-16(3-6-18)13-26-21(28)14-33-23(26)30/h2-7,12,15H,8-11,13-14H2,1H3,(H,24,29). The number of nitro groups is 1. The minimum absolute atomic E-state index is 0.0784. The van der Waals surface area contributed by atoms with Crippen molar-refractivity contribution in [3.05, 3.63) is 63.7 Å². The molecule has 2 aliphatic rings. The summed E-state index contributed by atoms with van der Waals surface area (Å²) in [4.78, 5) is 50.6. The third kappa shape index (κ3) is 5.16. The van der Waals surface area contributed by atoms with Crippen molar-refractivity contribution in [1.82, 2.24) is 4.90 Å². The van der Waals surface area contributed by atoms with Crippen LogP contribution < -0.4 is 10.2 Å². The maximum absolute atomic E-state index is 12.7. The van der Waals surface area contributed by atoms with E-state index in [0.29, 0.717) is 17.3 Å². The highest BCUT2D eigenvalue weighted by Gasteiger charge is 2.29. The molecule has 2 aliphatic heterocycles. The molecule has 2 heterocycles. The molecule has 0 radical (unpaired) electrons. The number of carbonyl (C=O) groups excluding carboxylic acids is 3. The lowest BCUT2D eigenvalue weighted by atomic mass is 9.98. The Morgan fingerprint density at radius 2 is 1.85 bits per heavy atom. The Kier molecular flexibility index (Phi) is 6.64. The van der Waals surface area contributed by atoms with Crippen LogP contribution in [0.15, 0.2) is 42.5 Å². The lowest BCUT2D eigenvalue weighted by Gasteiger charge is -2.31. The van der Waals surface area contributed by atoms with E-state index in [1.54, 1.807) is 36.4 Å². The first-order chi connectivity index (χ1) is 15.8. The van der Waals surface area contributed by atoms with Gasteiger partial charge in [0, 0.05) is 30.4 Å². The van der Waals surface area contributed by atoms with Gasteiger partial charge < -0.3 is 10.2 Å². The number of carbonyl (C=O) groups is 3. The van der Waals surface area contributed by atoms with E-state index in [9.17, 15) is 24.5 Å². The van der Waals surface area contributed by atoms with Gasteiger partial charge in [-0.05, 0) is 48.6 Å². The average Bonchev–Trinajstić information content (AvgIpc) is 3.12. The number of benzene rings is 2. The largest absolute Gasteiger partial charge is 0.366 e. The minimum Gasteiger partial charge on any atom is -0.366 e. The van der Waals surface area contributed by atoms with Crippen LogP contribution in [0.5, 0.6) is 0 Å². The molecular formula is C23H24N4O5S. The van der Waals surface area contributed by atoms with Crippen LogP contribution in [0.1, 0.15) is 35.7 Å². The highest BCUT2D eigenvalue weighted by Crippen LogP contribution is 2.32. The third-order valence-corrected chi connectivity index (χ3v) is 6.81. The molecular weight excluding hydrogens is 444 g/mol. The third-order valence-electron chi connectivity index (χ3n) is 5.95. The summed E-state index contributed by atoms with van der Waals surface area (Å²) in [5.41, 5.74) is 1.93. The van der Waals surface area contributed by atoms with Gasteiger partial charge in [-0.15, -0.1) is 0 Å². The summed E-state index contributed by atoms with van der Waals surface area (Å²) in [6, 6.07) is 11.4. The SMILES string of the molecule is CC1CCN(c2ccc(C(=O)Nc3ccc(CN4C(=O)CSC4=O)cc3)cc2[N+](=O)[O-])CC1. The van der Waals surface area contributed by atoms with Crippen LogP contribution in [0.3, 0.4) is 0 Å². The molecule has 172 valence electrons. The lowest BCUT2D eigenvalue weighted by molar-refractivity contribution is -0.384. The molecule has 2 aromatic rings. The Bertz CT molecular complexity index is 1080. The van der Waals surface area contributed by atoms with Crippen molar-refractivity contribution in [1.29, 1.82) is 0 Å². The zero-order valence-electron chi connectivity index (χ0n) is 18.2. The summed E-state index contributed by atoms with van der Waals surface area (Å²) < 4.78 is 0. The van der Waals surface area contributed by atoms with E-state index in [2.05, 4.69) is 12.2 Å². The molecule has 1 N–H and O–H groups in total. The Balaban J connectivity index is 1.44. The van der Waals surface area contributed by atoms with Crippen molar-refractivity contribution < 1.29 is 19.3 Å². The Morgan fingerprint density at radius 3 is 2.45 bits per heavy atom. The molecule has 3 amide bonds. The van der Waals surface area contributed by atoms with Gasteiger partial charge in [0.1, 0.15) is 5.69 Å². The predicted octanol–water partition coefficient (Wildman–Crippen LogP) is 4.28. The highest BCUT2D eigenvalue weighted by atomic mass is 32.2. The fraction of sp³-hybridized carbons (Fsp3) is 0.348. The number of imide groups is 1. The summed E-state index contributed by atoms with van der Waals surface area (Å²) in [6.45, 7) is 3.87. The summed E-state index contributed by atoms with van der Waals surface area (Å²) in [5, 5.41) is 14.2. The predicted molar refractivity (Wildman–Crippen MR) is 127 cm³/mol. The first-order valence-electron chi connectivity index (χ1n) is 10.7. The molecule has 0 aliphatic carbocycles. The second-order valence-corrected chi connectivity index (χ2v) is 9.24. The number of amides is 3. The van der Waals surface area contributed by atoms with Crippen LogP contribution >= 0.6 is 11.8 Å². The molecule has 0 unspecified atom stereocenters. The summed E-state index contributed by atoms with van der Waals surface area (Å²) in [6.07, 6.45) is 1.96. The van der Waals surface area contributed by atoms with Crippen molar-refractivity contribution in [3.63, 3.8) is 0 Å². The maximum Gasteiger partial charge on any atom is 0.293 e. The van der Waals surface area contributed by atoms with Crippen LogP contribution in [-0.4, -0.2) is 45.7 Å². The maximum atomic E-state index is 12.7. The first-order valence-corrected chi connectivity index (χ1v) is 11.7. The smallest absolute Gasteiger partial charge is 0.293 e. The topological polar surface area (TPSA) is 113 Å². The second kappa shape index (κ2) is 9.62. The number of thioether (sulfide) groups is 1. The summed E-state index contributed by atoms with van der Waals surface area (Å²) in [7, 11) is 0. The molecule has 2 saturated heterocycles. The van der Waals surface area contributed by atoms with Gasteiger partial charge in [0.2, 0.25) is 5.91 Å². The monoisotopic (exact) mass is 468 g/mol. The molecule has 33 heavy (non-hydrogen) atoms. The second-order valence-electron chi connectivity index (χ2n) is 8.32. The van der Waals surface area contributed by atoms with Gasteiger partial charge in [-0.2, -0.15) is 0 Å². The molecule has 2 aromatic carbocycles. The average molecular weight is 469 g/mol. The fourth-order valence-corrected chi connectivity index (χ4v) is 4.67. The van der Waals surface area contributed by atoms with Crippen molar-refractivity contribution in [2.45, 2.75) is 26.3 Å². The van der Waals surface area contributed by atoms with Crippen molar-refractivity contribution >= 4 is 45.9 Å². The van der Waals surface area contributed by atoms with E-state index in [-0.39, 0.29) is 34.7 Å². The molecule has 10 heteroatoms. The van der Waals surface area contributed by atoms with Gasteiger partial charge in [0.05, 0.1) is 17.2 Å². The molecule has 9 nitrogen and oxygen atoms in total. The summed E-state index contributed by atoms with van der Waals surface area (Å²) >= 11 is 0.985. The highest BCUT2D eigenvalue weighted by molar-refractivity contribution is 8.14. The van der Waals surface area contributed by atoms with E-state index in [1.807, 2.05) is 4.90 Å². The quantitative estimate of drug-likeness (QED) is 0.497. The number of piperidine rings is 1. The van der Waals surface area contributed by atoms with Crippen LogP contribution in [0.25, 0.3) is 0 Å². The lowest BCUT2D eigenvalue weighted by Crippen LogP contribution is -2.33. The molecule has 0 saturated carbocycles. The van der Waals surface area contributed by atoms with Gasteiger partial charge in [0.15, 0.2) is 0 Å². The zero-order chi connectivity index (χ0) is 23.5. The van der Waals surface area contributed by atoms with Crippen molar-refractivity contribution in [2.24, 2.45) is 5.92 Å². The normalized spacial score (nSPS) is 16.9. The van der Waals surface area contributed by atoms with Crippen LogP contribution in [0, 0.1) is 16.0 Å². The molecule has 0 atom stereocenters. The number of nitro benzene ring substituents is 1. The zero-order valence-corrected chi connectivity index (χ0v) is 19.0. The fourth-order valence-electron chi connectivity index (χ4n) is 3.94. The van der Waals surface area contributed by atoms with Gasteiger partial charge >= 0.3 is 0 Å². The number of nitrogens with zero attached hydrogens (tertiary/aromatic N) is 3. The van der Waals surface area contributed by atoms with E-state index in [4.69, 9.17) is 0 Å². The Labute approximate surface area is 195 Å². The summed E-state index contributed by atoms with van der Waals surface area (Å²) in [5.74, 6) is 0.0961. The number of hydrogen-bond acceptors (Lipinski definition) is 7. The number of rotatable bonds is 6. The number of hydrogen-bond donors (Lipinski definition) is 1. The molecule has 0 aromatic heterocycles. The molecule has 0 bridgehead atoms. The number of nitrogens with one attached hydrogen (secondary N) is 1. The van der Waals surface area contributed by atoms with E-state index >= 15 is 0 Å². The van der Waals surface area contributed by atoms with Gasteiger partial charge in [0.25, 0.3) is 16.8 Å². The Morgan fingerprint density at radius 1 is 1.15 bits per heavy atom. The molecule has 0 spiro atoms. The van der Waals surface area contributed by atoms with Gasteiger partial charge in [-0.1, -0.05) is 30.8 Å². The Hall–Kier alpha value is -3.40. The minimum atomic E-state index is -0.453. The van der Waals surface area contributed by atoms with E-state index < -0.39 is 10.8 Å². The van der Waals surface area contributed by atoms with Crippen LogP contribution in [-0.2, 0) is 11.3 Å². The van der Waals surface area contributed by atoms with Crippen LogP contribution in [0.2, 0.25) is 0 Å². The molecule has 4 rings (SSSR count). The van der Waals surface area contributed by atoms with E-state index in [0.717, 1.165) is 43.3 Å². The van der Waals surface area contributed by atoms with Crippen LogP contribution in [0.4, 0.5) is 21.9 Å². The van der Waals surface area contributed by atoms with Gasteiger partial charge in [-0.3, -0.25) is 29.4 Å². The molecule has 2 fully saturated rings.